The van der Waals surface area contributed by atoms with E-state index in [4.69, 9.17) is 0 Å². The summed E-state index contributed by atoms with van der Waals surface area (Å²) in [4.78, 5) is 0. The molecule has 0 heterocycles. The molecule has 2 unspecified atom stereocenters. The molecule has 0 spiro atoms. The average molecular weight is 367 g/mol. The summed E-state index contributed by atoms with van der Waals surface area (Å²) in [6.45, 7) is 0. The third kappa shape index (κ3) is 8.35. The largest absolute Gasteiger partial charge is 0.179 e. The Morgan fingerprint density at radius 1 is 0.824 bits per heavy atom. The fourth-order valence-electron chi connectivity index (χ4n) is 1.45. The molecule has 0 nitrogen and oxygen atoms in total. The average Bonchev–Trinajstić information content (AvgIpc) is 2.37. The van der Waals surface area contributed by atoms with Gasteiger partial charge in [-0.15, -0.1) is 0 Å². The van der Waals surface area contributed by atoms with E-state index < -0.39 is 0 Å². The van der Waals surface area contributed by atoms with Crippen molar-refractivity contribution in [2.24, 2.45) is 0 Å². The minimum Gasteiger partial charge on any atom is -0.179 e. The molecule has 0 amide bonds. The van der Waals surface area contributed by atoms with Crippen LogP contribution in [-0.4, -0.2) is 56.5 Å². The third-order valence-corrected chi connectivity index (χ3v) is 8.75. The van der Waals surface area contributed by atoms with Crippen LogP contribution in [0.4, 0.5) is 0 Å². The van der Waals surface area contributed by atoms with E-state index in [1.54, 1.807) is 0 Å². The molecule has 0 N–H and O–H groups in total. The maximum absolute atomic E-state index is 4.50. The lowest BCUT2D eigenvalue weighted by Gasteiger charge is -2.30. The lowest BCUT2D eigenvalue weighted by Crippen LogP contribution is -2.34. The molecule has 0 aliphatic rings. The van der Waals surface area contributed by atoms with Crippen molar-refractivity contribution in [3.05, 3.63) is 0 Å². The summed E-state index contributed by atoms with van der Waals surface area (Å²) >= 11 is 23.5. The monoisotopic (exact) mass is 366 g/mol. The van der Waals surface area contributed by atoms with Gasteiger partial charge in [0, 0.05) is 38.8 Å². The molecule has 0 aliphatic heterocycles. The minimum absolute atomic E-state index is 0.588. The number of hydrogen-bond acceptors (Lipinski definition) is 7. The highest BCUT2D eigenvalue weighted by Crippen LogP contribution is 2.33. The van der Waals surface area contributed by atoms with Crippen molar-refractivity contribution in [3.8, 4) is 0 Å². The van der Waals surface area contributed by atoms with Gasteiger partial charge in [-0.25, -0.2) is 0 Å². The number of thioether (sulfide) groups is 3. The van der Waals surface area contributed by atoms with Crippen molar-refractivity contribution in [1.82, 2.24) is 0 Å². The molecule has 0 aromatic rings. The van der Waals surface area contributed by atoms with E-state index in [1.807, 2.05) is 35.3 Å². The zero-order valence-corrected chi connectivity index (χ0v) is 16.0. The Bertz CT molecular complexity index is 151. The van der Waals surface area contributed by atoms with Gasteiger partial charge in [0.2, 0.25) is 0 Å². The van der Waals surface area contributed by atoms with Crippen molar-refractivity contribution in [3.63, 3.8) is 0 Å². The zero-order valence-electron chi connectivity index (χ0n) is 9.99. The molecule has 0 bridgehead atoms. The second-order valence-corrected chi connectivity index (χ2v) is 8.67. The lowest BCUT2D eigenvalue weighted by molar-refractivity contribution is 0.842. The van der Waals surface area contributed by atoms with Gasteiger partial charge >= 0.3 is 0 Å². The first-order valence-corrected chi connectivity index (χ1v) is 11.4. The van der Waals surface area contributed by atoms with Crippen LogP contribution >= 0.6 is 85.8 Å². The topological polar surface area (TPSA) is 0 Å². The van der Waals surface area contributed by atoms with Crippen LogP contribution in [0, 0.1) is 0 Å². The highest BCUT2D eigenvalue weighted by molar-refractivity contribution is 8.06. The summed E-state index contributed by atoms with van der Waals surface area (Å²) < 4.78 is 0. The minimum atomic E-state index is 0.588. The van der Waals surface area contributed by atoms with Crippen LogP contribution in [0.3, 0.4) is 0 Å². The van der Waals surface area contributed by atoms with Gasteiger partial charge in [0.15, 0.2) is 0 Å². The summed E-state index contributed by atoms with van der Waals surface area (Å²) in [7, 11) is 0. The fraction of sp³-hybridized carbons (Fsp3) is 1.00. The van der Waals surface area contributed by atoms with Crippen LogP contribution in [0.25, 0.3) is 0 Å². The first-order valence-electron chi connectivity index (χ1n) is 5.44. The van der Waals surface area contributed by atoms with Gasteiger partial charge in [0.25, 0.3) is 0 Å². The molecule has 7 heteroatoms. The molecule has 0 aliphatic carbocycles. The predicted octanol–water partition coefficient (Wildman–Crippen LogP) is 3.64. The maximum Gasteiger partial charge on any atom is 0.0298 e. The predicted molar refractivity (Wildman–Crippen MR) is 105 cm³/mol. The standard InChI is InChI=1S/C10H22S7/c1-15-10(8(6-13)16-4-2-11)9(7-14)17-5-3-12/h8-14H,2-7H2,1H3. The van der Waals surface area contributed by atoms with Crippen molar-refractivity contribution < 1.29 is 0 Å². The van der Waals surface area contributed by atoms with E-state index in [0.29, 0.717) is 15.7 Å². The van der Waals surface area contributed by atoms with E-state index in [9.17, 15) is 0 Å². The molecule has 2 atom stereocenters. The van der Waals surface area contributed by atoms with Crippen LogP contribution in [0.5, 0.6) is 0 Å². The fourth-order valence-corrected chi connectivity index (χ4v) is 7.28. The van der Waals surface area contributed by atoms with Crippen molar-refractivity contribution in [2.45, 2.75) is 15.7 Å². The molecule has 0 radical (unpaired) electrons. The van der Waals surface area contributed by atoms with E-state index in [0.717, 1.165) is 34.5 Å². The Kier molecular flexibility index (Phi) is 15.4. The molecule has 0 saturated carbocycles. The van der Waals surface area contributed by atoms with E-state index >= 15 is 0 Å². The van der Waals surface area contributed by atoms with Gasteiger partial charge < -0.3 is 0 Å². The van der Waals surface area contributed by atoms with Gasteiger partial charge in [-0.3, -0.25) is 0 Å². The Morgan fingerprint density at radius 3 is 1.47 bits per heavy atom. The van der Waals surface area contributed by atoms with Gasteiger partial charge in [0.05, 0.1) is 0 Å². The molecule has 0 saturated heterocycles. The van der Waals surface area contributed by atoms with Crippen LogP contribution in [0.1, 0.15) is 0 Å². The number of hydrogen-bond donors (Lipinski definition) is 4. The molecule has 104 valence electrons. The van der Waals surface area contributed by atoms with Crippen molar-refractivity contribution in [1.29, 1.82) is 0 Å². The van der Waals surface area contributed by atoms with Crippen molar-refractivity contribution >= 4 is 85.8 Å². The van der Waals surface area contributed by atoms with Crippen LogP contribution in [0.15, 0.2) is 0 Å². The molecule has 17 heavy (non-hydrogen) atoms. The Balaban J connectivity index is 4.38. The lowest BCUT2D eigenvalue weighted by atomic mass is 10.2. The van der Waals surface area contributed by atoms with Crippen LogP contribution in [0.2, 0.25) is 0 Å². The third-order valence-electron chi connectivity index (χ3n) is 2.21. The summed E-state index contributed by atoms with van der Waals surface area (Å²) in [5.74, 6) is 5.92. The van der Waals surface area contributed by atoms with Gasteiger partial charge in [-0.2, -0.15) is 85.8 Å². The normalized spacial score (nSPS) is 16.8. The quantitative estimate of drug-likeness (QED) is 0.413. The number of thiol groups is 4. The van der Waals surface area contributed by atoms with Crippen LogP contribution < -0.4 is 0 Å². The molecular formula is C10H22S7. The summed E-state index contributed by atoms with van der Waals surface area (Å²) in [6, 6.07) is 0. The summed E-state index contributed by atoms with van der Waals surface area (Å²) in [6.07, 6.45) is 2.19. The molecule has 0 aromatic heterocycles. The highest BCUT2D eigenvalue weighted by Gasteiger charge is 2.27. The van der Waals surface area contributed by atoms with Gasteiger partial charge in [-0.05, 0) is 17.8 Å². The molecule has 0 fully saturated rings. The molecule has 0 aromatic carbocycles. The Hall–Kier alpha value is 2.45. The highest BCUT2D eigenvalue weighted by atomic mass is 32.2. The Labute approximate surface area is 141 Å². The molecule has 0 rings (SSSR count). The zero-order chi connectivity index (χ0) is 13.1. The second-order valence-electron chi connectivity index (χ2n) is 3.33. The van der Waals surface area contributed by atoms with E-state index in [1.165, 1.54) is 0 Å². The summed E-state index contributed by atoms with van der Waals surface area (Å²) in [5.41, 5.74) is 0. The molecular weight excluding hydrogens is 345 g/mol. The van der Waals surface area contributed by atoms with Crippen molar-refractivity contribution in [2.75, 3.05) is 40.8 Å². The van der Waals surface area contributed by atoms with E-state index in [-0.39, 0.29) is 0 Å². The van der Waals surface area contributed by atoms with Gasteiger partial charge in [-0.1, -0.05) is 0 Å². The second kappa shape index (κ2) is 13.4. The maximum atomic E-state index is 4.50. The first-order chi connectivity index (χ1) is 8.24. The summed E-state index contributed by atoms with van der Waals surface area (Å²) in [5, 5.41) is 1.79. The smallest absolute Gasteiger partial charge is 0.0298 e. The Morgan fingerprint density at radius 2 is 1.24 bits per heavy atom. The first kappa shape index (κ1) is 19.4. The van der Waals surface area contributed by atoms with Gasteiger partial charge in [0.1, 0.15) is 0 Å². The van der Waals surface area contributed by atoms with E-state index in [2.05, 4.69) is 56.8 Å². The van der Waals surface area contributed by atoms with Crippen LogP contribution in [-0.2, 0) is 0 Å². The SMILES string of the molecule is CSC(C(CS)SCCS)C(CS)SCCS. The number of rotatable bonds is 11.